The van der Waals surface area contributed by atoms with Gasteiger partial charge in [0.05, 0.1) is 15.6 Å². The minimum atomic E-state index is -3.55. The van der Waals surface area contributed by atoms with Gasteiger partial charge >= 0.3 is 0 Å². The largest absolute Gasteiger partial charge is 0.366 e. The molecule has 1 aromatic carbocycles. The van der Waals surface area contributed by atoms with Gasteiger partial charge in [-0.05, 0) is 68.5 Å². The van der Waals surface area contributed by atoms with Crippen molar-refractivity contribution < 1.29 is 8.42 Å². The van der Waals surface area contributed by atoms with Crippen LogP contribution in [0.25, 0.3) is 5.65 Å². The van der Waals surface area contributed by atoms with Gasteiger partial charge in [0.25, 0.3) is 0 Å². The highest BCUT2D eigenvalue weighted by atomic mass is 79.9. The molecule has 3 aromatic heterocycles. The molecule has 4 aromatic rings. The number of pyridine rings is 1. The number of hydrogen-bond acceptors (Lipinski definition) is 6. The van der Waals surface area contributed by atoms with Gasteiger partial charge in [0.15, 0.2) is 5.65 Å². The monoisotopic (exact) mass is 604 g/mol. The normalized spacial score (nSPS) is 15.6. The summed E-state index contributed by atoms with van der Waals surface area (Å²) < 4.78 is 31.1. The van der Waals surface area contributed by atoms with Crippen molar-refractivity contribution in [1.29, 1.82) is 0 Å². The first-order valence-corrected chi connectivity index (χ1v) is 13.9. The van der Waals surface area contributed by atoms with E-state index in [1.165, 1.54) is 0 Å². The zero-order chi connectivity index (χ0) is 23.7. The number of halogens is 2. The van der Waals surface area contributed by atoms with Crippen LogP contribution in [0.3, 0.4) is 0 Å². The van der Waals surface area contributed by atoms with Crippen LogP contribution in [-0.2, 0) is 16.6 Å². The minimum absolute atomic E-state index is 0.149. The number of nitrogens with zero attached hydrogens (tertiary/aromatic N) is 5. The van der Waals surface area contributed by atoms with Crippen molar-refractivity contribution in [2.24, 2.45) is 0 Å². The summed E-state index contributed by atoms with van der Waals surface area (Å²) in [5.41, 5.74) is 2.72. The third-order valence-electron chi connectivity index (χ3n) is 5.97. The number of piperidine rings is 1. The van der Waals surface area contributed by atoms with Gasteiger partial charge < -0.3 is 5.32 Å². The lowest BCUT2D eigenvalue weighted by Crippen LogP contribution is -2.38. The van der Waals surface area contributed by atoms with Crippen molar-refractivity contribution in [3.8, 4) is 0 Å². The first-order chi connectivity index (χ1) is 16.4. The van der Waals surface area contributed by atoms with Crippen LogP contribution in [0.1, 0.15) is 30.0 Å². The van der Waals surface area contributed by atoms with E-state index in [4.69, 9.17) is 4.98 Å². The van der Waals surface area contributed by atoms with Crippen molar-refractivity contribution in [3.05, 3.63) is 81.3 Å². The van der Waals surface area contributed by atoms with Gasteiger partial charge in [0.2, 0.25) is 10.0 Å². The molecule has 11 heteroatoms. The Balaban J connectivity index is 1.37. The molecule has 1 saturated heterocycles. The molecule has 1 aliphatic heterocycles. The maximum atomic E-state index is 13.2. The Labute approximate surface area is 214 Å². The molecule has 0 unspecified atom stereocenters. The highest BCUT2D eigenvalue weighted by Crippen LogP contribution is 2.33. The van der Waals surface area contributed by atoms with Crippen LogP contribution < -0.4 is 5.32 Å². The first kappa shape index (κ1) is 23.4. The number of hydrogen-bond donors (Lipinski definition) is 1. The SMILES string of the molecule is O=S(=O)(c1ccccc1Br)N1CCC(c2cc(NCc3cccnc3)n3ncc(Br)c3n2)CC1. The summed E-state index contributed by atoms with van der Waals surface area (Å²) in [4.78, 5) is 9.33. The average Bonchev–Trinajstić information content (AvgIpc) is 3.24. The van der Waals surface area contributed by atoms with E-state index in [0.29, 0.717) is 41.8 Å². The molecular weight excluding hydrogens is 584 g/mol. The Kier molecular flexibility index (Phi) is 6.70. The molecule has 34 heavy (non-hydrogen) atoms. The van der Waals surface area contributed by atoms with E-state index in [-0.39, 0.29) is 5.92 Å². The molecule has 0 amide bonds. The molecule has 1 N–H and O–H groups in total. The van der Waals surface area contributed by atoms with E-state index in [1.54, 1.807) is 39.4 Å². The second kappa shape index (κ2) is 9.73. The fraction of sp³-hybridized carbons (Fsp3) is 0.261. The van der Waals surface area contributed by atoms with Crippen molar-refractivity contribution in [2.75, 3.05) is 18.4 Å². The van der Waals surface area contributed by atoms with Crippen molar-refractivity contribution in [2.45, 2.75) is 30.2 Å². The van der Waals surface area contributed by atoms with Gasteiger partial charge in [0.1, 0.15) is 5.82 Å². The predicted octanol–water partition coefficient (Wildman–Crippen LogP) is 4.83. The lowest BCUT2D eigenvalue weighted by Gasteiger charge is -2.31. The van der Waals surface area contributed by atoms with Gasteiger partial charge in [-0.25, -0.2) is 13.4 Å². The van der Waals surface area contributed by atoms with Crippen LogP contribution in [0, 0.1) is 0 Å². The molecule has 4 heterocycles. The highest BCUT2D eigenvalue weighted by molar-refractivity contribution is 9.11. The molecule has 176 valence electrons. The van der Waals surface area contributed by atoms with Crippen LogP contribution in [0.2, 0.25) is 0 Å². The molecule has 0 bridgehead atoms. The highest BCUT2D eigenvalue weighted by Gasteiger charge is 2.32. The molecular formula is C23H22Br2N6O2S. The lowest BCUT2D eigenvalue weighted by atomic mass is 9.94. The minimum Gasteiger partial charge on any atom is -0.366 e. The molecule has 0 atom stereocenters. The quantitative estimate of drug-likeness (QED) is 0.338. The maximum Gasteiger partial charge on any atom is 0.244 e. The molecule has 0 spiro atoms. The summed E-state index contributed by atoms with van der Waals surface area (Å²) in [5, 5.41) is 7.89. The smallest absolute Gasteiger partial charge is 0.244 e. The van der Waals surface area contributed by atoms with Crippen LogP contribution in [-0.4, -0.2) is 45.4 Å². The molecule has 0 radical (unpaired) electrons. The second-order valence-electron chi connectivity index (χ2n) is 8.12. The van der Waals surface area contributed by atoms with E-state index < -0.39 is 10.0 Å². The zero-order valence-electron chi connectivity index (χ0n) is 18.1. The molecule has 0 saturated carbocycles. The third kappa shape index (κ3) is 4.61. The summed E-state index contributed by atoms with van der Waals surface area (Å²) in [5.74, 6) is 0.981. The predicted molar refractivity (Wildman–Crippen MR) is 137 cm³/mol. The molecule has 0 aliphatic carbocycles. The molecule has 1 fully saturated rings. The Morgan fingerprint density at radius 1 is 1.03 bits per heavy atom. The number of sulfonamides is 1. The van der Waals surface area contributed by atoms with Crippen molar-refractivity contribution in [3.63, 3.8) is 0 Å². The number of aromatic nitrogens is 4. The summed E-state index contributed by atoms with van der Waals surface area (Å²) in [6, 6.07) is 12.9. The van der Waals surface area contributed by atoms with E-state index in [1.807, 2.05) is 30.5 Å². The number of rotatable bonds is 6. The van der Waals surface area contributed by atoms with Crippen LogP contribution in [0.15, 0.2) is 74.9 Å². The maximum absolute atomic E-state index is 13.2. The van der Waals surface area contributed by atoms with E-state index in [0.717, 1.165) is 27.2 Å². The van der Waals surface area contributed by atoms with E-state index in [2.05, 4.69) is 47.3 Å². The fourth-order valence-corrected chi connectivity index (χ4v) is 6.95. The molecule has 1 aliphatic rings. The number of fused-ring (bicyclic) bond motifs is 1. The topological polar surface area (TPSA) is 92.5 Å². The summed E-state index contributed by atoms with van der Waals surface area (Å²) >= 11 is 6.92. The van der Waals surface area contributed by atoms with E-state index in [9.17, 15) is 8.42 Å². The summed E-state index contributed by atoms with van der Waals surface area (Å²) in [6.07, 6.45) is 6.70. The summed E-state index contributed by atoms with van der Waals surface area (Å²) in [6.45, 7) is 1.49. The number of nitrogens with one attached hydrogen (secondary N) is 1. The third-order valence-corrected chi connectivity index (χ3v) is 9.44. The van der Waals surface area contributed by atoms with Crippen molar-refractivity contribution >= 4 is 53.3 Å². The zero-order valence-corrected chi connectivity index (χ0v) is 22.1. The Morgan fingerprint density at radius 2 is 1.82 bits per heavy atom. The second-order valence-corrected chi connectivity index (χ2v) is 11.7. The van der Waals surface area contributed by atoms with E-state index >= 15 is 0 Å². The average molecular weight is 606 g/mol. The van der Waals surface area contributed by atoms with Crippen molar-refractivity contribution in [1.82, 2.24) is 23.9 Å². The fourth-order valence-electron chi connectivity index (χ4n) is 4.17. The van der Waals surface area contributed by atoms with Gasteiger partial charge in [0, 0.05) is 54.2 Å². The van der Waals surface area contributed by atoms with Crippen LogP contribution >= 0.6 is 31.9 Å². The molecule has 5 rings (SSSR count). The summed E-state index contributed by atoms with van der Waals surface area (Å²) in [7, 11) is -3.55. The van der Waals surface area contributed by atoms with Crippen LogP contribution in [0.4, 0.5) is 5.82 Å². The Hall–Kier alpha value is -2.34. The first-order valence-electron chi connectivity index (χ1n) is 10.8. The van der Waals surface area contributed by atoms with Gasteiger partial charge in [-0.1, -0.05) is 18.2 Å². The van der Waals surface area contributed by atoms with Gasteiger partial charge in [-0.3, -0.25) is 4.98 Å². The van der Waals surface area contributed by atoms with Crippen LogP contribution in [0.5, 0.6) is 0 Å². The number of anilines is 1. The van der Waals surface area contributed by atoms with Gasteiger partial charge in [-0.2, -0.15) is 13.9 Å². The molecule has 8 nitrogen and oxygen atoms in total. The standard InChI is InChI=1S/C23H22Br2N6O2S/c24-18-5-1-2-6-21(18)34(32,33)30-10-7-17(8-11-30)20-12-22(27-14-16-4-3-9-26-13-16)31-23(29-20)19(25)15-28-31/h1-6,9,12-13,15,17,27H,7-8,10-11,14H2. The lowest BCUT2D eigenvalue weighted by molar-refractivity contribution is 0.316. The Morgan fingerprint density at radius 3 is 2.56 bits per heavy atom. The number of benzene rings is 1. The Bertz CT molecular complexity index is 1420. The van der Waals surface area contributed by atoms with Gasteiger partial charge in [-0.15, -0.1) is 0 Å².